The summed E-state index contributed by atoms with van der Waals surface area (Å²) in [6, 6.07) is 11.5. The zero-order chi connectivity index (χ0) is 22.9. The van der Waals surface area contributed by atoms with Gasteiger partial charge in [-0.2, -0.15) is 18.4 Å². The molecule has 0 spiro atoms. The van der Waals surface area contributed by atoms with E-state index in [1.165, 1.54) is 11.3 Å². The molecule has 0 fully saturated rings. The van der Waals surface area contributed by atoms with Gasteiger partial charge in [-0.05, 0) is 37.8 Å². The summed E-state index contributed by atoms with van der Waals surface area (Å²) in [6.45, 7) is 1.57. The summed E-state index contributed by atoms with van der Waals surface area (Å²) in [5.41, 5.74) is 1.05. The zero-order valence-corrected chi connectivity index (χ0v) is 18.5. The Hall–Kier alpha value is -2.90. The summed E-state index contributed by atoms with van der Waals surface area (Å²) in [5, 5.41) is 11.8. The Balaban J connectivity index is 1.57. The van der Waals surface area contributed by atoms with Crippen LogP contribution in [0.1, 0.15) is 35.0 Å². The normalized spacial score (nSPS) is 14.0. The van der Waals surface area contributed by atoms with Crippen LogP contribution in [-0.4, -0.2) is 21.1 Å². The smallest absolute Gasteiger partial charge is 0.316 e. The Morgan fingerprint density at radius 1 is 1.25 bits per heavy atom. The third kappa shape index (κ3) is 4.64. The number of nitriles is 1. The first-order valence-corrected chi connectivity index (χ1v) is 11.5. The van der Waals surface area contributed by atoms with E-state index < -0.39 is 23.0 Å². The number of thiophene rings is 1. The number of amides is 1. The first-order valence-electron chi connectivity index (χ1n) is 9.80. The molecule has 5 nitrogen and oxygen atoms in total. The number of carbonyl (C=O) groups is 1. The van der Waals surface area contributed by atoms with Gasteiger partial charge in [0.2, 0.25) is 5.91 Å². The number of carbonyl (C=O) groups excluding carboxylic acids is 1. The van der Waals surface area contributed by atoms with Crippen molar-refractivity contribution in [3.8, 4) is 17.3 Å². The van der Waals surface area contributed by atoms with E-state index in [0.717, 1.165) is 47.5 Å². The number of aryl methyl sites for hydroxylation is 1. The van der Waals surface area contributed by atoms with Crippen LogP contribution in [-0.2, 0) is 23.8 Å². The van der Waals surface area contributed by atoms with Crippen molar-refractivity contribution < 1.29 is 18.0 Å². The maximum absolute atomic E-state index is 13.4. The van der Waals surface area contributed by atoms with Gasteiger partial charge in [0.25, 0.3) is 0 Å². The maximum Gasteiger partial charge on any atom is 0.433 e. The molecule has 1 aliphatic rings. The second-order valence-corrected chi connectivity index (χ2v) is 9.62. The molecule has 2 heterocycles. The van der Waals surface area contributed by atoms with Gasteiger partial charge in [-0.3, -0.25) is 4.79 Å². The molecule has 164 valence electrons. The van der Waals surface area contributed by atoms with Crippen molar-refractivity contribution >= 4 is 34.0 Å². The highest BCUT2D eigenvalue weighted by Crippen LogP contribution is 2.39. The van der Waals surface area contributed by atoms with Crippen molar-refractivity contribution in [3.63, 3.8) is 0 Å². The number of nitrogens with zero attached hydrogens (tertiary/aromatic N) is 3. The molecule has 1 aromatic carbocycles. The van der Waals surface area contributed by atoms with E-state index in [1.807, 2.05) is 0 Å². The predicted octanol–water partition coefficient (Wildman–Crippen LogP) is 5.70. The van der Waals surface area contributed by atoms with Gasteiger partial charge >= 0.3 is 6.18 Å². The molecule has 0 unspecified atom stereocenters. The molecule has 32 heavy (non-hydrogen) atoms. The Morgan fingerprint density at radius 3 is 2.69 bits per heavy atom. The molecule has 3 aromatic rings. The zero-order valence-electron chi connectivity index (χ0n) is 16.9. The molecule has 0 aliphatic heterocycles. The van der Waals surface area contributed by atoms with Gasteiger partial charge in [-0.25, -0.2) is 9.97 Å². The molecule has 1 atom stereocenters. The van der Waals surface area contributed by atoms with Crippen molar-refractivity contribution in [1.82, 2.24) is 9.97 Å². The predicted molar refractivity (Wildman–Crippen MR) is 117 cm³/mol. The van der Waals surface area contributed by atoms with Crippen LogP contribution in [0.15, 0.2) is 41.6 Å². The number of hydrogen-bond donors (Lipinski definition) is 1. The van der Waals surface area contributed by atoms with Crippen LogP contribution < -0.4 is 5.32 Å². The van der Waals surface area contributed by atoms with Crippen molar-refractivity contribution in [1.29, 1.82) is 5.26 Å². The number of rotatable bonds is 5. The Morgan fingerprint density at radius 2 is 2.00 bits per heavy atom. The molecule has 0 radical (unpaired) electrons. The molecule has 1 aliphatic carbocycles. The minimum atomic E-state index is -4.65. The first kappa shape index (κ1) is 22.3. The van der Waals surface area contributed by atoms with Crippen LogP contribution in [0.25, 0.3) is 11.3 Å². The summed E-state index contributed by atoms with van der Waals surface area (Å²) < 4.78 is 40.2. The van der Waals surface area contributed by atoms with Crippen molar-refractivity contribution in [2.45, 2.75) is 42.8 Å². The van der Waals surface area contributed by atoms with Crippen LogP contribution in [0.3, 0.4) is 0 Å². The van der Waals surface area contributed by atoms with Gasteiger partial charge in [0.15, 0.2) is 5.16 Å². The number of benzene rings is 1. The molecule has 0 saturated heterocycles. The molecule has 0 saturated carbocycles. The van der Waals surface area contributed by atoms with Crippen LogP contribution in [0.4, 0.5) is 18.2 Å². The largest absolute Gasteiger partial charge is 0.433 e. The molecule has 1 N–H and O–H groups in total. The number of hydrogen-bond acceptors (Lipinski definition) is 6. The Kier molecular flexibility index (Phi) is 6.22. The van der Waals surface area contributed by atoms with Gasteiger partial charge < -0.3 is 5.32 Å². The Bertz CT molecular complexity index is 1200. The van der Waals surface area contributed by atoms with Crippen LogP contribution >= 0.6 is 23.1 Å². The van der Waals surface area contributed by atoms with Crippen molar-refractivity contribution in [3.05, 3.63) is 58.1 Å². The van der Waals surface area contributed by atoms with Gasteiger partial charge in [0.1, 0.15) is 16.8 Å². The number of thioether (sulfide) groups is 1. The van der Waals surface area contributed by atoms with E-state index in [1.54, 1.807) is 37.3 Å². The monoisotopic (exact) mass is 474 g/mol. The fraction of sp³-hybridized carbons (Fsp3) is 0.273. The number of fused-ring (bicyclic) bond motifs is 1. The number of aromatic nitrogens is 2. The minimum absolute atomic E-state index is 0.129. The highest BCUT2D eigenvalue weighted by atomic mass is 32.2. The first-order chi connectivity index (χ1) is 15.3. The molecule has 4 rings (SSSR count). The SMILES string of the molecule is C[C@H](Sc1nc(-c2ccccc2)cc(C(F)(F)F)n1)C(=O)Nc1sc2c(c1C#N)CCC2. The van der Waals surface area contributed by atoms with E-state index in [-0.39, 0.29) is 10.9 Å². The van der Waals surface area contributed by atoms with Crippen molar-refractivity contribution in [2.24, 2.45) is 0 Å². The Labute approximate surface area is 190 Å². The molecule has 1 amide bonds. The van der Waals surface area contributed by atoms with Crippen LogP contribution in [0.2, 0.25) is 0 Å². The second-order valence-electron chi connectivity index (χ2n) is 7.21. The third-order valence-corrected chi connectivity index (χ3v) is 7.16. The van der Waals surface area contributed by atoms with Gasteiger partial charge in [-0.1, -0.05) is 42.1 Å². The number of nitrogens with one attached hydrogen (secondary N) is 1. The molecule has 2 aromatic heterocycles. The fourth-order valence-electron chi connectivity index (χ4n) is 3.42. The lowest BCUT2D eigenvalue weighted by molar-refractivity contribution is -0.141. The van der Waals surface area contributed by atoms with E-state index in [9.17, 15) is 23.2 Å². The van der Waals surface area contributed by atoms with Gasteiger partial charge in [0.05, 0.1) is 16.5 Å². The number of alkyl halides is 3. The average Bonchev–Trinajstić information content (AvgIpc) is 3.34. The van der Waals surface area contributed by atoms with Gasteiger partial charge in [0, 0.05) is 10.4 Å². The van der Waals surface area contributed by atoms with E-state index >= 15 is 0 Å². The second kappa shape index (κ2) is 8.92. The number of anilines is 1. The van der Waals surface area contributed by atoms with E-state index in [2.05, 4.69) is 21.4 Å². The quantitative estimate of drug-likeness (QED) is 0.379. The van der Waals surface area contributed by atoms with Crippen LogP contribution in [0, 0.1) is 11.3 Å². The molecular weight excluding hydrogens is 457 g/mol. The highest BCUT2D eigenvalue weighted by Gasteiger charge is 2.34. The van der Waals surface area contributed by atoms with Crippen molar-refractivity contribution in [2.75, 3.05) is 5.32 Å². The summed E-state index contributed by atoms with van der Waals surface area (Å²) in [6.07, 6.45) is -1.95. The third-order valence-electron chi connectivity index (χ3n) is 4.99. The lowest BCUT2D eigenvalue weighted by Crippen LogP contribution is -2.23. The standard InChI is InChI=1S/C22H17F3N4OS2/c1-12(19(30)29-20-15(11-26)14-8-5-9-17(14)32-20)31-21-27-16(13-6-3-2-4-7-13)10-18(28-21)22(23,24)25/h2-4,6-7,10,12H,5,8-9H2,1H3,(H,29,30)/t12-/m0/s1. The molecule has 0 bridgehead atoms. The minimum Gasteiger partial charge on any atom is -0.316 e. The summed E-state index contributed by atoms with van der Waals surface area (Å²) in [7, 11) is 0. The topological polar surface area (TPSA) is 78.7 Å². The summed E-state index contributed by atoms with van der Waals surface area (Å²) >= 11 is 2.23. The lowest BCUT2D eigenvalue weighted by atomic mass is 10.1. The van der Waals surface area contributed by atoms with E-state index in [4.69, 9.17) is 0 Å². The number of halogens is 3. The molecular formula is C22H17F3N4OS2. The fourth-order valence-corrected chi connectivity index (χ4v) is 5.44. The maximum atomic E-state index is 13.4. The lowest BCUT2D eigenvalue weighted by Gasteiger charge is -2.13. The summed E-state index contributed by atoms with van der Waals surface area (Å²) in [5.74, 6) is -0.423. The van der Waals surface area contributed by atoms with Crippen LogP contribution in [0.5, 0.6) is 0 Å². The average molecular weight is 475 g/mol. The van der Waals surface area contributed by atoms with Gasteiger partial charge in [-0.15, -0.1) is 11.3 Å². The molecule has 10 heteroatoms. The van der Waals surface area contributed by atoms with E-state index in [0.29, 0.717) is 16.1 Å². The highest BCUT2D eigenvalue weighted by molar-refractivity contribution is 8.00. The summed E-state index contributed by atoms with van der Waals surface area (Å²) in [4.78, 5) is 21.7.